The van der Waals surface area contributed by atoms with Crippen molar-refractivity contribution in [2.75, 3.05) is 39.9 Å². The van der Waals surface area contributed by atoms with Crippen LogP contribution in [-0.2, 0) is 11.3 Å². The molecule has 0 aliphatic carbocycles. The van der Waals surface area contributed by atoms with Crippen LogP contribution in [0.15, 0.2) is 16.9 Å². The molecule has 2 rings (SSSR count). The van der Waals surface area contributed by atoms with Gasteiger partial charge in [0.25, 0.3) is 11.5 Å². The minimum atomic E-state index is -0.242. The molecule has 7 heteroatoms. The summed E-state index contributed by atoms with van der Waals surface area (Å²) in [4.78, 5) is 26.3. The second-order valence-electron chi connectivity index (χ2n) is 6.43. The van der Waals surface area contributed by atoms with Crippen LogP contribution in [0.3, 0.4) is 0 Å². The number of aromatic nitrogens is 2. The molecule has 0 spiro atoms. The lowest BCUT2D eigenvalue weighted by Gasteiger charge is -2.30. The van der Waals surface area contributed by atoms with Crippen molar-refractivity contribution in [1.82, 2.24) is 20.0 Å². The lowest BCUT2D eigenvalue weighted by Crippen LogP contribution is -2.37. The van der Waals surface area contributed by atoms with Gasteiger partial charge in [0.15, 0.2) is 0 Å². The number of nitrogens with one attached hydrogen (secondary N) is 1. The Morgan fingerprint density at radius 2 is 2.25 bits per heavy atom. The van der Waals surface area contributed by atoms with Gasteiger partial charge in [-0.2, -0.15) is 5.10 Å². The molecule has 1 fully saturated rings. The molecule has 1 aromatic rings. The molecule has 1 saturated heterocycles. The van der Waals surface area contributed by atoms with Crippen molar-refractivity contribution in [3.05, 3.63) is 28.2 Å². The standard InChI is InChI=1S/C17H28N4O3/c1-14-5-3-9-20(13-14)10-4-8-18-17(23)15-6-7-16(22)21(19-15)11-12-24-2/h6-7,14H,3-5,8-13H2,1-2H3,(H,18,23). The first kappa shape index (κ1) is 18.6. The lowest BCUT2D eigenvalue weighted by atomic mass is 10.0. The maximum Gasteiger partial charge on any atom is 0.271 e. The molecule has 134 valence electrons. The van der Waals surface area contributed by atoms with Crippen molar-refractivity contribution in [3.8, 4) is 0 Å². The first-order valence-corrected chi connectivity index (χ1v) is 8.68. The number of ether oxygens (including phenoxy) is 1. The number of methoxy groups -OCH3 is 1. The van der Waals surface area contributed by atoms with E-state index in [2.05, 4.69) is 22.2 Å². The van der Waals surface area contributed by atoms with Crippen LogP contribution in [-0.4, -0.2) is 60.5 Å². The topological polar surface area (TPSA) is 76.5 Å². The minimum Gasteiger partial charge on any atom is -0.383 e. The Labute approximate surface area is 143 Å². The molecule has 0 saturated carbocycles. The Balaban J connectivity index is 1.76. The van der Waals surface area contributed by atoms with Gasteiger partial charge in [-0.15, -0.1) is 0 Å². The van der Waals surface area contributed by atoms with Crippen LogP contribution < -0.4 is 10.9 Å². The van der Waals surface area contributed by atoms with E-state index >= 15 is 0 Å². The molecule has 1 N–H and O–H groups in total. The number of hydrogen-bond donors (Lipinski definition) is 1. The van der Waals surface area contributed by atoms with Crippen molar-refractivity contribution in [3.63, 3.8) is 0 Å². The molecule has 0 aromatic carbocycles. The van der Waals surface area contributed by atoms with Crippen LogP contribution in [0.1, 0.15) is 36.7 Å². The number of rotatable bonds is 8. The van der Waals surface area contributed by atoms with E-state index < -0.39 is 0 Å². The highest BCUT2D eigenvalue weighted by molar-refractivity contribution is 5.91. The number of carbonyl (C=O) groups excluding carboxylic acids is 1. The quantitative estimate of drug-likeness (QED) is 0.709. The second kappa shape index (κ2) is 9.54. The van der Waals surface area contributed by atoms with Gasteiger partial charge in [-0.25, -0.2) is 4.68 Å². The number of carbonyl (C=O) groups is 1. The maximum absolute atomic E-state index is 12.2. The van der Waals surface area contributed by atoms with Gasteiger partial charge >= 0.3 is 0 Å². The number of amides is 1. The summed E-state index contributed by atoms with van der Waals surface area (Å²) < 4.78 is 6.20. The van der Waals surface area contributed by atoms with E-state index in [9.17, 15) is 9.59 Å². The van der Waals surface area contributed by atoms with E-state index in [0.29, 0.717) is 19.7 Å². The van der Waals surface area contributed by atoms with Crippen molar-refractivity contribution < 1.29 is 9.53 Å². The summed E-state index contributed by atoms with van der Waals surface area (Å²) in [5.74, 6) is 0.527. The number of hydrogen-bond acceptors (Lipinski definition) is 5. The molecule has 7 nitrogen and oxygen atoms in total. The van der Waals surface area contributed by atoms with E-state index in [0.717, 1.165) is 32.0 Å². The number of nitrogens with zero attached hydrogens (tertiary/aromatic N) is 3. The predicted molar refractivity (Wildman–Crippen MR) is 92.2 cm³/mol. The van der Waals surface area contributed by atoms with E-state index in [1.54, 1.807) is 7.11 Å². The molecule has 1 aliphatic heterocycles. The molecular weight excluding hydrogens is 308 g/mol. The van der Waals surface area contributed by atoms with Gasteiger partial charge in [-0.3, -0.25) is 9.59 Å². The molecular formula is C17H28N4O3. The molecule has 1 unspecified atom stereocenters. The minimum absolute atomic E-state index is 0.234. The molecule has 0 radical (unpaired) electrons. The van der Waals surface area contributed by atoms with Crippen molar-refractivity contribution in [2.45, 2.75) is 32.7 Å². The number of piperidine rings is 1. The fraction of sp³-hybridized carbons (Fsp3) is 0.706. The predicted octanol–water partition coefficient (Wildman–Crippen LogP) is 0.742. The normalized spacial score (nSPS) is 18.5. The fourth-order valence-electron chi connectivity index (χ4n) is 2.99. The van der Waals surface area contributed by atoms with Crippen LogP contribution in [0.25, 0.3) is 0 Å². The smallest absolute Gasteiger partial charge is 0.271 e. The zero-order valence-corrected chi connectivity index (χ0v) is 14.7. The molecule has 1 aliphatic rings. The van der Waals surface area contributed by atoms with Crippen LogP contribution in [0.2, 0.25) is 0 Å². The summed E-state index contributed by atoms with van der Waals surface area (Å²) in [6.45, 7) is 6.94. The maximum atomic E-state index is 12.2. The van der Waals surface area contributed by atoms with Crippen LogP contribution in [0.5, 0.6) is 0 Å². The van der Waals surface area contributed by atoms with Gasteiger partial charge in [0.2, 0.25) is 0 Å². The van der Waals surface area contributed by atoms with E-state index in [1.807, 2.05) is 0 Å². The van der Waals surface area contributed by atoms with Crippen LogP contribution in [0.4, 0.5) is 0 Å². The Bertz CT molecular complexity index is 587. The number of likely N-dealkylation sites (tertiary alicyclic amines) is 1. The third kappa shape index (κ3) is 5.72. The summed E-state index contributed by atoms with van der Waals surface area (Å²) in [5.41, 5.74) is 0.0279. The summed E-state index contributed by atoms with van der Waals surface area (Å²) >= 11 is 0. The van der Waals surface area contributed by atoms with Gasteiger partial charge in [0, 0.05) is 26.3 Å². The molecule has 1 aromatic heterocycles. The van der Waals surface area contributed by atoms with Gasteiger partial charge in [-0.1, -0.05) is 6.92 Å². The fourth-order valence-corrected chi connectivity index (χ4v) is 2.99. The summed E-state index contributed by atoms with van der Waals surface area (Å²) in [6.07, 6.45) is 3.50. The summed E-state index contributed by atoms with van der Waals surface area (Å²) in [5, 5.41) is 6.97. The van der Waals surface area contributed by atoms with Crippen LogP contribution >= 0.6 is 0 Å². The Morgan fingerprint density at radius 3 is 3.00 bits per heavy atom. The zero-order chi connectivity index (χ0) is 17.4. The first-order chi connectivity index (χ1) is 11.6. The highest BCUT2D eigenvalue weighted by Gasteiger charge is 2.15. The van der Waals surface area contributed by atoms with Crippen molar-refractivity contribution in [1.29, 1.82) is 0 Å². The Hall–Kier alpha value is -1.73. The van der Waals surface area contributed by atoms with Crippen LogP contribution in [0, 0.1) is 5.92 Å². The summed E-state index contributed by atoms with van der Waals surface area (Å²) in [6, 6.07) is 2.83. The first-order valence-electron chi connectivity index (χ1n) is 8.68. The molecule has 0 bridgehead atoms. The van der Waals surface area contributed by atoms with Gasteiger partial charge in [0.1, 0.15) is 5.69 Å². The van der Waals surface area contributed by atoms with Crippen molar-refractivity contribution in [2.24, 2.45) is 5.92 Å². The highest BCUT2D eigenvalue weighted by Crippen LogP contribution is 2.15. The second-order valence-corrected chi connectivity index (χ2v) is 6.43. The SMILES string of the molecule is COCCn1nc(C(=O)NCCCN2CCCC(C)C2)ccc1=O. The van der Waals surface area contributed by atoms with E-state index in [4.69, 9.17) is 4.74 Å². The monoisotopic (exact) mass is 336 g/mol. The third-order valence-corrected chi connectivity index (χ3v) is 4.28. The van der Waals surface area contributed by atoms with E-state index in [1.165, 1.54) is 29.7 Å². The van der Waals surface area contributed by atoms with Gasteiger partial charge in [-0.05, 0) is 44.3 Å². The third-order valence-electron chi connectivity index (χ3n) is 4.28. The molecule has 24 heavy (non-hydrogen) atoms. The summed E-state index contributed by atoms with van der Waals surface area (Å²) in [7, 11) is 1.56. The Kier molecular flexibility index (Phi) is 7.39. The molecule has 2 heterocycles. The largest absolute Gasteiger partial charge is 0.383 e. The van der Waals surface area contributed by atoms with Gasteiger partial charge < -0.3 is 15.0 Å². The zero-order valence-electron chi connectivity index (χ0n) is 14.7. The molecule has 1 atom stereocenters. The average molecular weight is 336 g/mol. The van der Waals surface area contributed by atoms with Gasteiger partial charge in [0.05, 0.1) is 13.2 Å². The average Bonchev–Trinajstić information content (AvgIpc) is 2.58. The van der Waals surface area contributed by atoms with Crippen molar-refractivity contribution >= 4 is 5.91 Å². The highest BCUT2D eigenvalue weighted by atomic mass is 16.5. The Morgan fingerprint density at radius 1 is 1.42 bits per heavy atom. The molecule has 1 amide bonds. The lowest BCUT2D eigenvalue weighted by molar-refractivity contribution is 0.0941. The van der Waals surface area contributed by atoms with E-state index in [-0.39, 0.29) is 17.2 Å².